The molecule has 3 heterocycles. The number of hydrogen-bond donors (Lipinski definition) is 0. The zero-order chi connectivity index (χ0) is 53.1. The first-order valence-electron chi connectivity index (χ1n) is 29.7. The molecule has 0 radical (unpaired) electrons. The van der Waals surface area contributed by atoms with Gasteiger partial charge in [0.05, 0.1) is 0 Å². The SMILES string of the molecule is [2H]C([2H])([2H])n1c(-n2c3[c-]c(Oc4[c-]c(N5[CH-]N(C6C(C7CCCCC7)CCCC6C6CCCCC6)c6ccccc65)ccc4)ccc3c3c[c]([Ge]([c]4ccccc4)([c]4ccccc4)[c]4ccccc4)ccc32)nc2ccccc21.[Pt]. The van der Waals surface area contributed by atoms with Crippen LogP contribution in [0, 0.1) is 42.5 Å². The van der Waals surface area contributed by atoms with Crippen LogP contribution in [0.15, 0.2) is 188 Å². The Hall–Kier alpha value is -6.34. The summed E-state index contributed by atoms with van der Waals surface area (Å²) in [5, 5.41) is 1.90. The van der Waals surface area contributed by atoms with Gasteiger partial charge in [-0.3, -0.25) is 0 Å². The van der Waals surface area contributed by atoms with Crippen LogP contribution in [-0.4, -0.2) is 33.4 Å². The Morgan fingerprint density at radius 2 is 1.13 bits per heavy atom. The van der Waals surface area contributed by atoms with E-state index >= 15 is 0 Å². The number of aryl methyl sites for hydroxylation is 1. The molecule has 0 bridgehead atoms. The van der Waals surface area contributed by atoms with E-state index in [2.05, 4.69) is 180 Å². The molecule has 0 amide bonds. The van der Waals surface area contributed by atoms with E-state index in [0.717, 1.165) is 33.8 Å². The number of rotatable bonds is 11. The second-order valence-electron chi connectivity index (χ2n) is 22.2. The van der Waals surface area contributed by atoms with E-state index in [1.54, 1.807) is 0 Å². The Morgan fingerprint density at radius 1 is 0.532 bits per heavy atom. The Bertz CT molecular complexity index is 3680. The molecule has 4 aliphatic rings. The normalized spacial score (nSPS) is 20.2. The molecule has 3 aliphatic carbocycles. The maximum absolute atomic E-state index is 8.95. The van der Waals surface area contributed by atoms with Crippen LogP contribution in [0.2, 0.25) is 0 Å². The number of aromatic nitrogens is 3. The van der Waals surface area contributed by atoms with E-state index in [4.69, 9.17) is 13.8 Å². The van der Waals surface area contributed by atoms with Gasteiger partial charge >= 0.3 is 298 Å². The van der Waals surface area contributed by atoms with Gasteiger partial charge in [0.15, 0.2) is 0 Å². The zero-order valence-electron chi connectivity index (χ0n) is 46.5. The molecule has 10 aromatic rings. The van der Waals surface area contributed by atoms with Gasteiger partial charge in [0.25, 0.3) is 0 Å². The van der Waals surface area contributed by atoms with Crippen LogP contribution in [0.25, 0.3) is 38.8 Å². The fourth-order valence-corrected chi connectivity index (χ4v) is 24.8. The van der Waals surface area contributed by atoms with Crippen LogP contribution in [0.1, 0.15) is 87.6 Å². The first kappa shape index (κ1) is 46.7. The summed E-state index contributed by atoms with van der Waals surface area (Å²) in [5.41, 5.74) is 6.03. The van der Waals surface area contributed by atoms with Gasteiger partial charge in [0, 0.05) is 38.5 Å². The molecule has 0 spiro atoms. The number of imidazole rings is 1. The maximum atomic E-state index is 8.95. The molecule has 8 aromatic carbocycles. The fourth-order valence-electron chi connectivity index (χ4n) is 14.8. The second kappa shape index (κ2) is 21.5. The van der Waals surface area contributed by atoms with Crippen molar-refractivity contribution in [2.24, 2.45) is 30.6 Å². The van der Waals surface area contributed by atoms with Gasteiger partial charge in [-0.2, -0.15) is 6.67 Å². The predicted molar refractivity (Wildman–Crippen MR) is 316 cm³/mol. The van der Waals surface area contributed by atoms with Crippen molar-refractivity contribution in [3.63, 3.8) is 0 Å². The minimum absolute atomic E-state index is 0. The van der Waals surface area contributed by atoms with Crippen molar-refractivity contribution in [1.82, 2.24) is 14.1 Å². The van der Waals surface area contributed by atoms with Crippen LogP contribution >= 0.6 is 0 Å². The van der Waals surface area contributed by atoms with Crippen LogP contribution < -0.4 is 32.1 Å². The first-order valence-corrected chi connectivity index (χ1v) is 32.4. The molecule has 2 unspecified atom stereocenters. The van der Waals surface area contributed by atoms with Crippen molar-refractivity contribution in [3.8, 4) is 17.4 Å². The van der Waals surface area contributed by atoms with Gasteiger partial charge in [0.2, 0.25) is 0 Å². The van der Waals surface area contributed by atoms with Crippen molar-refractivity contribution in [2.45, 2.75) is 89.5 Å². The third kappa shape index (κ3) is 8.87. The molecule has 14 rings (SSSR count). The number of fused-ring (bicyclic) bond motifs is 5. The van der Waals surface area contributed by atoms with Gasteiger partial charge in [-0.05, 0) is 48.6 Å². The fraction of sp³-hybridized carbons (Fsp3) is 0.275. The molecule has 1 aliphatic heterocycles. The van der Waals surface area contributed by atoms with Gasteiger partial charge in [0.1, 0.15) is 0 Å². The van der Waals surface area contributed by atoms with Crippen LogP contribution in [0.5, 0.6) is 11.5 Å². The molecule has 390 valence electrons. The first-order chi connectivity index (χ1) is 38.8. The van der Waals surface area contributed by atoms with Crippen molar-refractivity contribution in [1.29, 1.82) is 0 Å². The zero-order valence-corrected chi connectivity index (χ0v) is 47.9. The monoisotopic (exact) mass is 1250 g/mol. The Labute approximate surface area is 475 Å². The van der Waals surface area contributed by atoms with E-state index in [-0.39, 0.29) is 21.1 Å². The molecule has 77 heavy (non-hydrogen) atoms. The molecule has 0 N–H and O–H groups in total. The quantitative estimate of drug-likeness (QED) is 0.0956. The minimum Gasteiger partial charge on any atom is 0 e. The molecule has 3 fully saturated rings. The Kier molecular flexibility index (Phi) is 13.0. The third-order valence-corrected chi connectivity index (χ3v) is 28.1. The maximum Gasteiger partial charge on any atom is 0 e. The largest absolute Gasteiger partial charge is 0 e. The van der Waals surface area contributed by atoms with Crippen LogP contribution in [0.3, 0.4) is 0 Å². The topological polar surface area (TPSA) is 38.5 Å². The molecular formula is C69H66GeN5OPt-3. The molecule has 2 aromatic heterocycles. The van der Waals surface area contributed by atoms with Crippen molar-refractivity contribution in [2.75, 3.05) is 9.80 Å². The van der Waals surface area contributed by atoms with Crippen molar-refractivity contribution in [3.05, 3.63) is 207 Å². The summed E-state index contributed by atoms with van der Waals surface area (Å²) in [6.45, 7) is -0.128. The smallest absolute Gasteiger partial charge is 0 e. The van der Waals surface area contributed by atoms with Crippen molar-refractivity contribution < 1.29 is 29.9 Å². The summed E-state index contributed by atoms with van der Waals surface area (Å²) in [7, 11) is 0. The van der Waals surface area contributed by atoms with E-state index in [0.29, 0.717) is 51.9 Å². The van der Waals surface area contributed by atoms with E-state index in [1.807, 2.05) is 41.0 Å². The Morgan fingerprint density at radius 3 is 1.78 bits per heavy atom. The minimum atomic E-state index is -3.73. The Balaban J connectivity index is 0.00000605. The summed E-state index contributed by atoms with van der Waals surface area (Å²) in [4.78, 5) is 10.2. The number of benzene rings is 8. The van der Waals surface area contributed by atoms with Crippen LogP contribution in [0.4, 0.5) is 17.1 Å². The number of nitrogens with zero attached hydrogens (tertiary/aromatic N) is 5. The average molecular weight is 1250 g/mol. The van der Waals surface area contributed by atoms with E-state index in [1.165, 1.54) is 117 Å². The summed E-state index contributed by atoms with van der Waals surface area (Å²) in [5.74, 6) is 4.32. The van der Waals surface area contributed by atoms with Gasteiger partial charge in [-0.15, -0.1) is 0 Å². The van der Waals surface area contributed by atoms with Crippen molar-refractivity contribution >= 4 is 80.8 Å². The van der Waals surface area contributed by atoms with Crippen LogP contribution in [-0.2, 0) is 28.0 Å². The average Bonchev–Trinajstić information content (AvgIpc) is 4.36. The van der Waals surface area contributed by atoms with E-state index < -0.39 is 20.2 Å². The molecule has 6 nitrogen and oxygen atoms in total. The second-order valence-corrected chi connectivity index (χ2v) is 30.2. The number of hydrogen-bond acceptors (Lipinski definition) is 4. The summed E-state index contributed by atoms with van der Waals surface area (Å²) < 4.78 is 42.3. The predicted octanol–water partition coefficient (Wildman–Crippen LogP) is 14.5. The number of ether oxygens (including phenoxy) is 1. The van der Waals surface area contributed by atoms with E-state index in [9.17, 15) is 0 Å². The summed E-state index contributed by atoms with van der Waals surface area (Å²) in [6, 6.07) is 74.5. The summed E-state index contributed by atoms with van der Waals surface area (Å²) in [6.07, 6.45) is 17.7. The van der Waals surface area contributed by atoms with Gasteiger partial charge in [-0.25, -0.2) is 0 Å². The number of para-hydroxylation sites is 4. The number of anilines is 3. The standard InChI is InChI=1S/C69H66GeN5O.Pt/c1-72-64-38-18-17-37-62(64)71-69(72)75-63-44-41-54(70(51-27-11-4-12-28-51,52-29-13-5-14-30-52)53-31-15-6-16-32-53)45-61(63)60-43-42-57(47-67(60)75)76-56-34-21-33-55(46-56)73-48-74(66-40-20-19-39-65(66)73)68-58(49-23-7-2-8-24-49)35-22-36-59(68)50-25-9-3-10-26-50;/h4-6,11-21,27-34,37-45,48-50,58-59,68H,2-3,7-10,22-26,35-36H2,1H3;/q-3;/i1D3;. The molecule has 8 heteroatoms. The molecular weight excluding hydrogens is 1180 g/mol. The molecule has 0 saturated heterocycles. The summed E-state index contributed by atoms with van der Waals surface area (Å²) >= 11 is -3.73. The van der Waals surface area contributed by atoms with Gasteiger partial charge < -0.3 is 4.90 Å². The third-order valence-electron chi connectivity index (χ3n) is 18.1. The van der Waals surface area contributed by atoms with Gasteiger partial charge in [-0.1, -0.05) is 82.8 Å². The molecule has 3 saturated carbocycles. The molecule has 2 atom stereocenters.